The zero-order valence-electron chi connectivity index (χ0n) is 12.4. The summed E-state index contributed by atoms with van der Waals surface area (Å²) in [6.07, 6.45) is 6.05. The first-order valence-electron chi connectivity index (χ1n) is 7.02. The maximum atomic E-state index is 12.2. The van der Waals surface area contributed by atoms with Crippen LogP contribution in [-0.2, 0) is 0 Å². The molecule has 0 aromatic carbocycles. The number of aromatic nitrogens is 1. The lowest BCUT2D eigenvalue weighted by molar-refractivity contribution is 0.0950. The largest absolute Gasteiger partial charge is 0.382 e. The summed E-state index contributed by atoms with van der Waals surface area (Å²) in [6.45, 7) is 5.68. The van der Waals surface area contributed by atoms with E-state index in [1.807, 2.05) is 6.92 Å². The molecule has 0 radical (unpaired) electrons. The smallest absolute Gasteiger partial charge is 0.266 e. The maximum absolute atomic E-state index is 12.2. The number of likely N-dealkylation sites (N-methyl/N-ethyl adjacent to an activating group) is 1. The lowest BCUT2D eigenvalue weighted by atomic mass is 10.2. The van der Waals surface area contributed by atoms with E-state index in [1.165, 1.54) is 11.3 Å². The molecule has 3 N–H and O–H groups in total. The summed E-state index contributed by atoms with van der Waals surface area (Å²) in [7, 11) is 2.09. The highest BCUT2D eigenvalue weighted by atomic mass is 32.1. The predicted octanol–water partition coefficient (Wildman–Crippen LogP) is 0.619. The van der Waals surface area contributed by atoms with E-state index in [1.54, 1.807) is 0 Å². The Hall–Kier alpha value is -1.78. The van der Waals surface area contributed by atoms with Crippen LogP contribution in [0.1, 0.15) is 23.0 Å². The quantitative estimate of drug-likeness (QED) is 0.798. The van der Waals surface area contributed by atoms with Crippen LogP contribution in [0, 0.1) is 12.3 Å². The third-order valence-corrected chi connectivity index (χ3v) is 4.67. The Labute approximate surface area is 129 Å². The highest BCUT2D eigenvalue weighted by Crippen LogP contribution is 2.28. The molecule has 1 aliphatic heterocycles. The van der Waals surface area contributed by atoms with Crippen molar-refractivity contribution in [2.24, 2.45) is 0 Å². The molecule has 1 aromatic heterocycles. The molecule has 1 atom stereocenters. The van der Waals surface area contributed by atoms with Gasteiger partial charge in [-0.3, -0.25) is 4.79 Å². The van der Waals surface area contributed by atoms with E-state index in [0.29, 0.717) is 11.3 Å². The van der Waals surface area contributed by atoms with E-state index >= 15 is 0 Å². The SMILES string of the molecule is C#CC(CC)NC(=O)c1sc(N2CCN(C)CC2)nc1N. The van der Waals surface area contributed by atoms with Crippen LogP contribution in [0.25, 0.3) is 0 Å². The van der Waals surface area contributed by atoms with Crippen LogP contribution < -0.4 is 16.0 Å². The third-order valence-electron chi connectivity index (χ3n) is 3.54. The second-order valence-corrected chi connectivity index (χ2v) is 6.08. The molecule has 1 aromatic rings. The van der Waals surface area contributed by atoms with Crippen LogP contribution in [-0.4, -0.2) is 55.1 Å². The van der Waals surface area contributed by atoms with Gasteiger partial charge in [0.15, 0.2) is 5.13 Å². The first kappa shape index (κ1) is 15.6. The van der Waals surface area contributed by atoms with Crippen molar-refractivity contribution >= 4 is 28.2 Å². The molecule has 1 amide bonds. The molecule has 7 heteroatoms. The fraction of sp³-hybridized carbons (Fsp3) is 0.571. The standard InChI is InChI=1S/C14H21N5OS/c1-4-10(5-2)16-13(20)11-12(15)17-14(21-11)19-8-6-18(3)7-9-19/h1,10H,5-9,15H2,2-3H3,(H,16,20). The highest BCUT2D eigenvalue weighted by Gasteiger charge is 2.22. The van der Waals surface area contributed by atoms with Crippen molar-refractivity contribution in [3.63, 3.8) is 0 Å². The zero-order valence-corrected chi connectivity index (χ0v) is 13.2. The zero-order chi connectivity index (χ0) is 15.4. The molecule has 1 unspecified atom stereocenters. The van der Waals surface area contributed by atoms with Gasteiger partial charge in [0, 0.05) is 26.2 Å². The average Bonchev–Trinajstić information content (AvgIpc) is 2.87. The minimum absolute atomic E-state index is 0.241. The fourth-order valence-electron chi connectivity index (χ4n) is 2.10. The Morgan fingerprint density at radius 3 is 2.76 bits per heavy atom. The number of hydrogen-bond acceptors (Lipinski definition) is 6. The predicted molar refractivity (Wildman–Crippen MR) is 86.6 cm³/mol. The van der Waals surface area contributed by atoms with Crippen LogP contribution in [0.4, 0.5) is 10.9 Å². The summed E-state index contributed by atoms with van der Waals surface area (Å²) in [5.74, 6) is 2.58. The van der Waals surface area contributed by atoms with Gasteiger partial charge in [0.05, 0.1) is 6.04 Å². The molecule has 1 saturated heterocycles. The molecule has 21 heavy (non-hydrogen) atoms. The van der Waals surface area contributed by atoms with Crippen molar-refractivity contribution in [2.75, 3.05) is 43.9 Å². The van der Waals surface area contributed by atoms with Crippen molar-refractivity contribution in [1.29, 1.82) is 0 Å². The van der Waals surface area contributed by atoms with Gasteiger partial charge in [0.25, 0.3) is 5.91 Å². The summed E-state index contributed by atoms with van der Waals surface area (Å²) in [5.41, 5.74) is 5.88. The molecule has 0 bridgehead atoms. The Morgan fingerprint density at radius 1 is 1.52 bits per heavy atom. The van der Waals surface area contributed by atoms with Gasteiger partial charge >= 0.3 is 0 Å². The number of rotatable bonds is 4. The number of nitrogens with zero attached hydrogens (tertiary/aromatic N) is 3. The van der Waals surface area contributed by atoms with Crippen LogP contribution in [0.2, 0.25) is 0 Å². The van der Waals surface area contributed by atoms with Crippen molar-refractivity contribution in [3.05, 3.63) is 4.88 Å². The van der Waals surface area contributed by atoms with Crippen LogP contribution >= 0.6 is 11.3 Å². The van der Waals surface area contributed by atoms with E-state index < -0.39 is 0 Å². The molecule has 1 aliphatic rings. The van der Waals surface area contributed by atoms with E-state index in [-0.39, 0.29) is 17.8 Å². The summed E-state index contributed by atoms with van der Waals surface area (Å²) >= 11 is 1.33. The molecule has 6 nitrogen and oxygen atoms in total. The lowest BCUT2D eigenvalue weighted by Crippen LogP contribution is -2.44. The number of amides is 1. The van der Waals surface area contributed by atoms with Crippen molar-refractivity contribution in [2.45, 2.75) is 19.4 Å². The number of carbonyl (C=O) groups is 1. The van der Waals surface area contributed by atoms with E-state index in [0.717, 1.165) is 31.3 Å². The van der Waals surface area contributed by atoms with Crippen molar-refractivity contribution in [3.8, 4) is 12.3 Å². The second-order valence-electron chi connectivity index (χ2n) is 5.10. The normalized spacial score (nSPS) is 17.3. The monoisotopic (exact) mass is 307 g/mol. The number of carbonyl (C=O) groups excluding carboxylic acids is 1. The molecule has 114 valence electrons. The summed E-state index contributed by atoms with van der Waals surface area (Å²) in [4.78, 5) is 21.4. The van der Waals surface area contributed by atoms with Crippen molar-refractivity contribution in [1.82, 2.24) is 15.2 Å². The molecule has 0 aliphatic carbocycles. The first-order valence-corrected chi connectivity index (χ1v) is 7.83. The molecule has 0 saturated carbocycles. The Balaban J connectivity index is 2.08. The topological polar surface area (TPSA) is 74.5 Å². The fourth-order valence-corrected chi connectivity index (χ4v) is 3.04. The number of anilines is 2. The van der Waals surface area contributed by atoms with Gasteiger partial charge in [-0.15, -0.1) is 6.42 Å². The van der Waals surface area contributed by atoms with Gasteiger partial charge in [-0.1, -0.05) is 24.2 Å². The molecule has 2 heterocycles. The summed E-state index contributed by atoms with van der Waals surface area (Å²) in [6, 6.07) is -0.272. The first-order chi connectivity index (χ1) is 10.0. The minimum atomic E-state index is -0.272. The minimum Gasteiger partial charge on any atom is -0.382 e. The average molecular weight is 307 g/mol. The van der Waals surface area contributed by atoms with E-state index in [4.69, 9.17) is 12.2 Å². The molecule has 0 spiro atoms. The van der Waals surface area contributed by atoms with Gasteiger partial charge in [0.2, 0.25) is 0 Å². The van der Waals surface area contributed by atoms with Gasteiger partial charge in [0.1, 0.15) is 10.7 Å². The summed E-state index contributed by atoms with van der Waals surface area (Å²) in [5, 5.41) is 3.59. The summed E-state index contributed by atoms with van der Waals surface area (Å²) < 4.78 is 0. The van der Waals surface area contributed by atoms with Gasteiger partial charge in [-0.2, -0.15) is 0 Å². The van der Waals surface area contributed by atoms with Gasteiger partial charge in [-0.05, 0) is 13.5 Å². The van der Waals surface area contributed by atoms with E-state index in [9.17, 15) is 4.79 Å². The Kier molecular flexibility index (Phi) is 5.04. The molecular formula is C14H21N5OS. The molecule has 1 fully saturated rings. The van der Waals surface area contributed by atoms with E-state index in [2.05, 4.69) is 33.1 Å². The number of nitrogen functional groups attached to an aromatic ring is 1. The van der Waals surface area contributed by atoms with Crippen LogP contribution in [0.5, 0.6) is 0 Å². The Bertz CT molecular complexity index is 542. The maximum Gasteiger partial charge on any atom is 0.266 e. The molecular weight excluding hydrogens is 286 g/mol. The van der Waals surface area contributed by atoms with Crippen LogP contribution in [0.3, 0.4) is 0 Å². The van der Waals surface area contributed by atoms with Crippen molar-refractivity contribution < 1.29 is 4.79 Å². The highest BCUT2D eigenvalue weighted by molar-refractivity contribution is 7.18. The lowest BCUT2D eigenvalue weighted by Gasteiger charge is -2.31. The van der Waals surface area contributed by atoms with Gasteiger partial charge in [-0.25, -0.2) is 4.98 Å². The number of thiazole rings is 1. The second kappa shape index (κ2) is 6.78. The number of terminal acetylenes is 1. The third kappa shape index (κ3) is 3.65. The van der Waals surface area contributed by atoms with Crippen LogP contribution in [0.15, 0.2) is 0 Å². The molecule has 2 rings (SSSR count). The number of nitrogens with two attached hydrogens (primary N) is 1. The Morgan fingerprint density at radius 2 is 2.19 bits per heavy atom. The number of hydrogen-bond donors (Lipinski definition) is 2. The number of piperazine rings is 1. The number of nitrogens with one attached hydrogen (secondary N) is 1. The van der Waals surface area contributed by atoms with Gasteiger partial charge < -0.3 is 20.9 Å².